The van der Waals surface area contributed by atoms with Crippen molar-refractivity contribution in [3.8, 4) is 0 Å². The lowest BCUT2D eigenvalue weighted by Crippen LogP contribution is -2.36. The lowest BCUT2D eigenvalue weighted by molar-refractivity contribution is 0.431. The SMILES string of the molecule is CC1Cc2ccccc2NC1Cc1ncnn1C(C)C. The molecule has 1 aliphatic heterocycles. The van der Waals surface area contributed by atoms with E-state index in [0.717, 1.165) is 18.7 Å². The number of para-hydroxylation sites is 1. The van der Waals surface area contributed by atoms with Crippen molar-refractivity contribution in [2.75, 3.05) is 5.32 Å². The molecule has 0 saturated carbocycles. The summed E-state index contributed by atoms with van der Waals surface area (Å²) in [4.78, 5) is 4.43. The minimum atomic E-state index is 0.360. The van der Waals surface area contributed by atoms with Crippen LogP contribution in [0.5, 0.6) is 0 Å². The van der Waals surface area contributed by atoms with Gasteiger partial charge in [-0.1, -0.05) is 25.1 Å². The van der Waals surface area contributed by atoms with Crippen LogP contribution in [0.4, 0.5) is 5.69 Å². The standard InChI is InChI=1S/C16H22N4/c1-11(2)20-16(17-10-18-20)9-15-12(3)8-13-6-4-5-7-14(13)19-15/h4-7,10-12,15,19H,8-9H2,1-3H3. The second-order valence-corrected chi connectivity index (χ2v) is 6.01. The predicted octanol–water partition coefficient (Wildman–Crippen LogP) is 3.07. The maximum atomic E-state index is 4.43. The van der Waals surface area contributed by atoms with Crippen LogP contribution in [-0.4, -0.2) is 20.8 Å². The number of aromatic nitrogens is 3. The van der Waals surface area contributed by atoms with Gasteiger partial charge < -0.3 is 5.32 Å². The Kier molecular flexibility index (Phi) is 3.47. The van der Waals surface area contributed by atoms with Gasteiger partial charge >= 0.3 is 0 Å². The van der Waals surface area contributed by atoms with Crippen molar-refractivity contribution in [1.82, 2.24) is 14.8 Å². The van der Waals surface area contributed by atoms with Crippen LogP contribution in [0, 0.1) is 5.92 Å². The zero-order chi connectivity index (χ0) is 14.1. The Bertz CT molecular complexity index is 588. The summed E-state index contributed by atoms with van der Waals surface area (Å²) >= 11 is 0. The monoisotopic (exact) mass is 270 g/mol. The van der Waals surface area contributed by atoms with Gasteiger partial charge in [0.15, 0.2) is 0 Å². The van der Waals surface area contributed by atoms with Crippen molar-refractivity contribution in [2.24, 2.45) is 5.92 Å². The number of rotatable bonds is 3. The van der Waals surface area contributed by atoms with E-state index < -0.39 is 0 Å². The van der Waals surface area contributed by atoms with Crippen molar-refractivity contribution >= 4 is 5.69 Å². The zero-order valence-electron chi connectivity index (χ0n) is 12.4. The first-order chi connectivity index (χ1) is 9.65. The molecular weight excluding hydrogens is 248 g/mol. The summed E-state index contributed by atoms with van der Waals surface area (Å²) in [6, 6.07) is 9.37. The number of benzene rings is 1. The molecule has 0 spiro atoms. The van der Waals surface area contributed by atoms with Gasteiger partial charge in [0.05, 0.1) is 0 Å². The van der Waals surface area contributed by atoms with Crippen molar-refractivity contribution < 1.29 is 0 Å². The first kappa shape index (κ1) is 13.2. The van der Waals surface area contributed by atoms with Crippen LogP contribution in [0.2, 0.25) is 0 Å². The van der Waals surface area contributed by atoms with E-state index >= 15 is 0 Å². The Morgan fingerprint density at radius 2 is 2.15 bits per heavy atom. The predicted molar refractivity (Wildman–Crippen MR) is 80.8 cm³/mol. The third-order valence-corrected chi connectivity index (χ3v) is 4.13. The summed E-state index contributed by atoms with van der Waals surface area (Å²) in [6.45, 7) is 6.60. The number of fused-ring (bicyclic) bond motifs is 1. The van der Waals surface area contributed by atoms with Gasteiger partial charge in [-0.2, -0.15) is 5.10 Å². The number of hydrogen-bond donors (Lipinski definition) is 1. The molecule has 4 nitrogen and oxygen atoms in total. The van der Waals surface area contributed by atoms with Gasteiger partial charge in [0.2, 0.25) is 0 Å². The lowest BCUT2D eigenvalue weighted by Gasteiger charge is -2.32. The minimum Gasteiger partial charge on any atom is -0.381 e. The quantitative estimate of drug-likeness (QED) is 0.932. The van der Waals surface area contributed by atoms with Crippen LogP contribution in [0.15, 0.2) is 30.6 Å². The zero-order valence-corrected chi connectivity index (χ0v) is 12.4. The molecule has 2 atom stereocenters. The topological polar surface area (TPSA) is 42.7 Å². The number of nitrogens with zero attached hydrogens (tertiary/aromatic N) is 3. The van der Waals surface area contributed by atoms with E-state index in [1.807, 2.05) is 4.68 Å². The first-order valence-electron chi connectivity index (χ1n) is 7.38. The highest BCUT2D eigenvalue weighted by molar-refractivity contribution is 5.54. The normalized spacial score (nSPS) is 21.6. The Morgan fingerprint density at radius 3 is 2.95 bits per heavy atom. The van der Waals surface area contributed by atoms with Crippen LogP contribution in [0.25, 0.3) is 0 Å². The van der Waals surface area contributed by atoms with E-state index in [-0.39, 0.29) is 0 Å². The molecule has 0 bridgehead atoms. The summed E-state index contributed by atoms with van der Waals surface area (Å²) in [7, 11) is 0. The first-order valence-corrected chi connectivity index (χ1v) is 7.38. The van der Waals surface area contributed by atoms with E-state index in [1.54, 1.807) is 6.33 Å². The fraction of sp³-hybridized carbons (Fsp3) is 0.500. The minimum absolute atomic E-state index is 0.360. The van der Waals surface area contributed by atoms with Crippen molar-refractivity contribution in [1.29, 1.82) is 0 Å². The lowest BCUT2D eigenvalue weighted by atomic mass is 9.87. The van der Waals surface area contributed by atoms with Crippen LogP contribution in [0.3, 0.4) is 0 Å². The molecule has 0 aliphatic carbocycles. The third-order valence-electron chi connectivity index (χ3n) is 4.13. The van der Waals surface area contributed by atoms with E-state index in [2.05, 4.69) is 60.4 Å². The van der Waals surface area contributed by atoms with Crippen LogP contribution in [-0.2, 0) is 12.8 Å². The molecule has 2 heterocycles. The third kappa shape index (κ3) is 2.42. The highest BCUT2D eigenvalue weighted by Crippen LogP contribution is 2.29. The molecule has 0 radical (unpaired) electrons. The van der Waals surface area contributed by atoms with Gasteiger partial charge in [0.1, 0.15) is 12.2 Å². The maximum Gasteiger partial charge on any atom is 0.138 e. The molecule has 3 rings (SSSR count). The molecule has 4 heteroatoms. The van der Waals surface area contributed by atoms with Crippen molar-refractivity contribution in [2.45, 2.75) is 45.7 Å². The van der Waals surface area contributed by atoms with E-state index in [1.165, 1.54) is 11.3 Å². The fourth-order valence-electron chi connectivity index (χ4n) is 2.97. The molecule has 1 aromatic heterocycles. The van der Waals surface area contributed by atoms with Gasteiger partial charge in [-0.15, -0.1) is 0 Å². The molecule has 0 saturated heterocycles. The molecule has 1 aliphatic rings. The average molecular weight is 270 g/mol. The summed E-state index contributed by atoms with van der Waals surface area (Å²) in [5.41, 5.74) is 2.69. The summed E-state index contributed by atoms with van der Waals surface area (Å²) in [5, 5.41) is 8.00. The smallest absolute Gasteiger partial charge is 0.138 e. The molecule has 1 aromatic carbocycles. The van der Waals surface area contributed by atoms with Crippen LogP contribution >= 0.6 is 0 Å². The van der Waals surface area contributed by atoms with E-state index in [4.69, 9.17) is 0 Å². The fourth-order valence-corrected chi connectivity index (χ4v) is 2.97. The number of hydrogen-bond acceptors (Lipinski definition) is 3. The van der Waals surface area contributed by atoms with Crippen LogP contribution < -0.4 is 5.32 Å². The molecule has 2 unspecified atom stereocenters. The molecule has 0 fully saturated rings. The second kappa shape index (κ2) is 5.27. The molecule has 1 N–H and O–H groups in total. The van der Waals surface area contributed by atoms with Crippen LogP contribution in [0.1, 0.15) is 38.2 Å². The molecule has 2 aromatic rings. The van der Waals surface area contributed by atoms with Gasteiger partial charge in [-0.3, -0.25) is 0 Å². The Balaban J connectivity index is 1.80. The largest absolute Gasteiger partial charge is 0.381 e. The molecular formula is C16H22N4. The summed E-state index contributed by atoms with van der Waals surface area (Å²) in [5.74, 6) is 1.67. The number of nitrogens with one attached hydrogen (secondary N) is 1. The summed E-state index contributed by atoms with van der Waals surface area (Å²) in [6.07, 6.45) is 3.72. The molecule has 0 amide bonds. The second-order valence-electron chi connectivity index (χ2n) is 6.01. The van der Waals surface area contributed by atoms with Gasteiger partial charge in [-0.05, 0) is 37.8 Å². The van der Waals surface area contributed by atoms with Gasteiger partial charge in [0.25, 0.3) is 0 Å². The van der Waals surface area contributed by atoms with E-state index in [0.29, 0.717) is 18.0 Å². The van der Waals surface area contributed by atoms with Crippen molar-refractivity contribution in [3.63, 3.8) is 0 Å². The Hall–Kier alpha value is -1.84. The molecule has 106 valence electrons. The highest BCUT2D eigenvalue weighted by atomic mass is 15.3. The highest BCUT2D eigenvalue weighted by Gasteiger charge is 2.26. The average Bonchev–Trinajstić information content (AvgIpc) is 2.88. The van der Waals surface area contributed by atoms with E-state index in [9.17, 15) is 0 Å². The summed E-state index contributed by atoms with van der Waals surface area (Å²) < 4.78 is 2.02. The van der Waals surface area contributed by atoms with Gasteiger partial charge in [-0.25, -0.2) is 9.67 Å². The van der Waals surface area contributed by atoms with Gasteiger partial charge in [0, 0.05) is 24.2 Å². The van der Waals surface area contributed by atoms with Crippen molar-refractivity contribution in [3.05, 3.63) is 42.0 Å². The molecule has 20 heavy (non-hydrogen) atoms. The maximum absolute atomic E-state index is 4.43. The Labute approximate surface area is 120 Å². The number of anilines is 1. The Morgan fingerprint density at radius 1 is 1.35 bits per heavy atom.